The minimum Gasteiger partial charge on any atom is -0.497 e. The monoisotopic (exact) mass is 362 g/mol. The standard InChI is InChI=1S/C24H26O3/c1-3-4-10-22(23(25)17-13-19-8-6-5-7-9-19)24(26)18-14-20-11-15-21(27-2)16-12-20/h5-9,11-18,22H,3-4,10H2,1-2H3/b17-13+,18-14+. The first-order valence-electron chi connectivity index (χ1n) is 9.27. The van der Waals surface area contributed by atoms with Crippen molar-refractivity contribution in [2.75, 3.05) is 7.11 Å². The van der Waals surface area contributed by atoms with Crippen LogP contribution in [0.3, 0.4) is 0 Å². The third-order valence-electron chi connectivity index (χ3n) is 4.33. The van der Waals surface area contributed by atoms with Crippen molar-refractivity contribution in [3.63, 3.8) is 0 Å². The maximum Gasteiger partial charge on any atom is 0.166 e. The quantitative estimate of drug-likeness (QED) is 0.422. The van der Waals surface area contributed by atoms with Crippen molar-refractivity contribution in [2.24, 2.45) is 5.92 Å². The zero-order valence-electron chi connectivity index (χ0n) is 15.9. The van der Waals surface area contributed by atoms with E-state index in [9.17, 15) is 9.59 Å². The Hall–Kier alpha value is -2.94. The number of hydrogen-bond donors (Lipinski definition) is 0. The molecule has 0 spiro atoms. The second kappa shape index (κ2) is 10.9. The van der Waals surface area contributed by atoms with Crippen LogP contribution in [0, 0.1) is 5.92 Å². The predicted molar refractivity (Wildman–Crippen MR) is 111 cm³/mol. The minimum atomic E-state index is -0.626. The Morgan fingerprint density at radius 1 is 0.889 bits per heavy atom. The first-order valence-corrected chi connectivity index (χ1v) is 9.27. The SMILES string of the molecule is CCCCC(C(=O)/C=C/c1ccccc1)C(=O)/C=C/c1ccc(OC)cc1. The van der Waals surface area contributed by atoms with E-state index in [1.807, 2.05) is 54.6 Å². The van der Waals surface area contributed by atoms with Crippen LogP contribution in [0.1, 0.15) is 37.3 Å². The molecule has 2 aromatic carbocycles. The molecule has 0 saturated heterocycles. The van der Waals surface area contributed by atoms with Crippen molar-refractivity contribution in [3.05, 3.63) is 77.9 Å². The number of ketones is 2. The van der Waals surface area contributed by atoms with Gasteiger partial charge in [-0.05, 0) is 41.8 Å². The van der Waals surface area contributed by atoms with Gasteiger partial charge < -0.3 is 4.74 Å². The number of unbranched alkanes of at least 4 members (excludes halogenated alkanes) is 1. The van der Waals surface area contributed by atoms with Gasteiger partial charge in [-0.1, -0.05) is 74.4 Å². The van der Waals surface area contributed by atoms with Crippen LogP contribution in [0.2, 0.25) is 0 Å². The van der Waals surface area contributed by atoms with E-state index in [1.165, 1.54) is 12.2 Å². The van der Waals surface area contributed by atoms with Gasteiger partial charge in [0.15, 0.2) is 11.6 Å². The van der Waals surface area contributed by atoms with Crippen molar-refractivity contribution in [2.45, 2.75) is 26.2 Å². The van der Waals surface area contributed by atoms with Gasteiger partial charge >= 0.3 is 0 Å². The molecular formula is C24H26O3. The molecule has 0 radical (unpaired) electrons. The van der Waals surface area contributed by atoms with Crippen LogP contribution < -0.4 is 4.74 Å². The summed E-state index contributed by atoms with van der Waals surface area (Å²) in [5.74, 6) is -0.154. The summed E-state index contributed by atoms with van der Waals surface area (Å²) in [4.78, 5) is 25.2. The highest BCUT2D eigenvalue weighted by molar-refractivity contribution is 6.13. The van der Waals surface area contributed by atoms with Gasteiger partial charge in [0.25, 0.3) is 0 Å². The summed E-state index contributed by atoms with van der Waals surface area (Å²) in [5, 5.41) is 0. The maximum atomic E-state index is 12.6. The van der Waals surface area contributed by atoms with E-state index in [0.717, 1.165) is 29.7 Å². The van der Waals surface area contributed by atoms with Gasteiger partial charge in [0.05, 0.1) is 13.0 Å². The van der Waals surface area contributed by atoms with Crippen LogP contribution in [0.4, 0.5) is 0 Å². The number of carbonyl (C=O) groups is 2. The summed E-state index contributed by atoms with van der Waals surface area (Å²) in [6.07, 6.45) is 8.90. The van der Waals surface area contributed by atoms with Gasteiger partial charge in [-0.15, -0.1) is 0 Å². The van der Waals surface area contributed by atoms with Crippen molar-refractivity contribution >= 4 is 23.7 Å². The summed E-state index contributed by atoms with van der Waals surface area (Å²) in [6, 6.07) is 17.0. The Morgan fingerprint density at radius 3 is 1.96 bits per heavy atom. The van der Waals surface area contributed by atoms with Crippen molar-refractivity contribution in [3.8, 4) is 5.75 Å². The lowest BCUT2D eigenvalue weighted by molar-refractivity contribution is -0.127. The fourth-order valence-electron chi connectivity index (χ4n) is 2.70. The molecule has 0 aliphatic rings. The van der Waals surface area contributed by atoms with E-state index in [-0.39, 0.29) is 11.6 Å². The number of allylic oxidation sites excluding steroid dienone is 2. The third kappa shape index (κ3) is 6.70. The molecule has 27 heavy (non-hydrogen) atoms. The smallest absolute Gasteiger partial charge is 0.166 e. The van der Waals surface area contributed by atoms with Crippen LogP contribution >= 0.6 is 0 Å². The Bertz CT molecular complexity index is 786. The van der Waals surface area contributed by atoms with E-state index in [2.05, 4.69) is 6.92 Å². The molecule has 0 aliphatic heterocycles. The van der Waals surface area contributed by atoms with E-state index >= 15 is 0 Å². The van der Waals surface area contributed by atoms with E-state index in [1.54, 1.807) is 19.3 Å². The van der Waals surface area contributed by atoms with Gasteiger partial charge in [0.1, 0.15) is 5.75 Å². The van der Waals surface area contributed by atoms with Gasteiger partial charge in [-0.3, -0.25) is 9.59 Å². The molecule has 2 aromatic rings. The zero-order valence-corrected chi connectivity index (χ0v) is 15.9. The van der Waals surface area contributed by atoms with Crippen LogP contribution in [-0.2, 0) is 9.59 Å². The number of rotatable bonds is 10. The zero-order chi connectivity index (χ0) is 19.5. The van der Waals surface area contributed by atoms with E-state index in [0.29, 0.717) is 6.42 Å². The molecule has 0 aliphatic carbocycles. The average Bonchev–Trinajstić information content (AvgIpc) is 2.72. The highest BCUT2D eigenvalue weighted by atomic mass is 16.5. The Morgan fingerprint density at radius 2 is 1.44 bits per heavy atom. The average molecular weight is 362 g/mol. The predicted octanol–water partition coefficient (Wildman–Crippen LogP) is 5.37. The lowest BCUT2D eigenvalue weighted by Crippen LogP contribution is -2.21. The molecule has 1 atom stereocenters. The molecule has 1 unspecified atom stereocenters. The van der Waals surface area contributed by atoms with Crippen LogP contribution in [0.25, 0.3) is 12.2 Å². The molecule has 0 amide bonds. The highest BCUT2D eigenvalue weighted by Gasteiger charge is 2.21. The number of methoxy groups -OCH3 is 1. The summed E-state index contributed by atoms with van der Waals surface area (Å²) < 4.78 is 5.13. The fourth-order valence-corrected chi connectivity index (χ4v) is 2.70. The van der Waals surface area contributed by atoms with Crippen LogP contribution in [-0.4, -0.2) is 18.7 Å². The lowest BCUT2D eigenvalue weighted by Gasteiger charge is -2.10. The van der Waals surface area contributed by atoms with Crippen molar-refractivity contribution in [1.29, 1.82) is 0 Å². The second-order valence-electron chi connectivity index (χ2n) is 6.35. The normalized spacial score (nSPS) is 12.4. The number of ether oxygens (including phenoxy) is 1. The topological polar surface area (TPSA) is 43.4 Å². The molecule has 3 nitrogen and oxygen atoms in total. The molecule has 3 heteroatoms. The molecule has 0 fully saturated rings. The minimum absolute atomic E-state index is 0.142. The lowest BCUT2D eigenvalue weighted by atomic mass is 9.91. The first kappa shape index (κ1) is 20.4. The molecule has 140 valence electrons. The molecule has 0 bridgehead atoms. The number of carbonyl (C=O) groups excluding carboxylic acids is 2. The fraction of sp³-hybridized carbons (Fsp3) is 0.250. The number of benzene rings is 2. The molecule has 0 saturated carbocycles. The maximum absolute atomic E-state index is 12.6. The van der Waals surface area contributed by atoms with Gasteiger partial charge in [0.2, 0.25) is 0 Å². The summed E-state index contributed by atoms with van der Waals surface area (Å²) in [7, 11) is 1.61. The Kier molecular flexibility index (Phi) is 8.24. The number of hydrogen-bond acceptors (Lipinski definition) is 3. The van der Waals surface area contributed by atoms with Crippen molar-refractivity contribution in [1.82, 2.24) is 0 Å². The molecule has 0 heterocycles. The van der Waals surface area contributed by atoms with Crippen LogP contribution in [0.15, 0.2) is 66.7 Å². The largest absolute Gasteiger partial charge is 0.497 e. The molecule has 2 rings (SSSR count). The Balaban J connectivity index is 2.08. The summed E-state index contributed by atoms with van der Waals surface area (Å²) >= 11 is 0. The molecular weight excluding hydrogens is 336 g/mol. The molecule has 0 N–H and O–H groups in total. The first-order chi connectivity index (χ1) is 13.1. The second-order valence-corrected chi connectivity index (χ2v) is 6.35. The highest BCUT2D eigenvalue weighted by Crippen LogP contribution is 2.16. The third-order valence-corrected chi connectivity index (χ3v) is 4.33. The molecule has 0 aromatic heterocycles. The summed E-state index contributed by atoms with van der Waals surface area (Å²) in [5.41, 5.74) is 1.84. The van der Waals surface area contributed by atoms with Gasteiger partial charge in [-0.2, -0.15) is 0 Å². The Labute approximate surface area is 161 Å². The van der Waals surface area contributed by atoms with E-state index in [4.69, 9.17) is 4.74 Å². The van der Waals surface area contributed by atoms with Crippen LogP contribution in [0.5, 0.6) is 5.75 Å². The van der Waals surface area contributed by atoms with Crippen molar-refractivity contribution < 1.29 is 14.3 Å². The van der Waals surface area contributed by atoms with E-state index < -0.39 is 5.92 Å². The van der Waals surface area contributed by atoms with Gasteiger partial charge in [-0.25, -0.2) is 0 Å². The van der Waals surface area contributed by atoms with Gasteiger partial charge in [0, 0.05) is 0 Å². The summed E-state index contributed by atoms with van der Waals surface area (Å²) in [6.45, 7) is 2.05.